The lowest BCUT2D eigenvalue weighted by atomic mass is 10.3. The first-order chi connectivity index (χ1) is 8.74. The van der Waals surface area contributed by atoms with Crippen LogP contribution in [-0.4, -0.2) is 26.0 Å². The van der Waals surface area contributed by atoms with Gasteiger partial charge in [0.05, 0.1) is 0 Å². The second kappa shape index (κ2) is 4.15. The highest BCUT2D eigenvalue weighted by Gasteiger charge is 2.10. The molecule has 0 fully saturated rings. The zero-order valence-electron chi connectivity index (χ0n) is 9.07. The largest absolute Gasteiger partial charge is 0.477 e. The number of thiazole rings is 1. The summed E-state index contributed by atoms with van der Waals surface area (Å²) in [6.07, 6.45) is 3.41. The second-order valence-electron chi connectivity index (χ2n) is 3.59. The standard InChI is InChI=1S/C12H7N3O2S/c16-12(17)9-4-3-8-11(15-9)18-10(14-8)7-2-1-5-13-6-7/h1-6H,(H,16,17). The summed E-state index contributed by atoms with van der Waals surface area (Å²) in [6, 6.07) is 6.86. The van der Waals surface area contributed by atoms with Crippen LogP contribution in [0.3, 0.4) is 0 Å². The van der Waals surface area contributed by atoms with Crippen molar-refractivity contribution in [1.29, 1.82) is 0 Å². The van der Waals surface area contributed by atoms with Crippen molar-refractivity contribution in [1.82, 2.24) is 15.0 Å². The molecule has 18 heavy (non-hydrogen) atoms. The molecule has 0 atom stereocenters. The van der Waals surface area contributed by atoms with Crippen LogP contribution in [0.5, 0.6) is 0 Å². The average molecular weight is 257 g/mol. The van der Waals surface area contributed by atoms with E-state index in [0.29, 0.717) is 10.3 Å². The molecule has 88 valence electrons. The quantitative estimate of drug-likeness (QED) is 0.763. The molecule has 0 aliphatic rings. The van der Waals surface area contributed by atoms with Gasteiger partial charge in [-0.15, -0.1) is 0 Å². The van der Waals surface area contributed by atoms with Gasteiger partial charge in [0.2, 0.25) is 0 Å². The van der Waals surface area contributed by atoms with E-state index in [4.69, 9.17) is 5.11 Å². The molecule has 0 unspecified atom stereocenters. The summed E-state index contributed by atoms with van der Waals surface area (Å²) in [7, 11) is 0. The molecule has 0 aromatic carbocycles. The normalized spacial score (nSPS) is 10.7. The summed E-state index contributed by atoms with van der Waals surface area (Å²) in [5.74, 6) is -1.03. The molecule has 0 aliphatic heterocycles. The number of hydrogen-bond donors (Lipinski definition) is 1. The Morgan fingerprint density at radius 2 is 2.11 bits per heavy atom. The maximum absolute atomic E-state index is 10.8. The van der Waals surface area contributed by atoms with Gasteiger partial charge in [-0.2, -0.15) is 0 Å². The van der Waals surface area contributed by atoms with Crippen LogP contribution in [-0.2, 0) is 0 Å². The number of fused-ring (bicyclic) bond motifs is 1. The molecule has 0 amide bonds. The third-order valence-electron chi connectivity index (χ3n) is 2.38. The van der Waals surface area contributed by atoms with E-state index in [1.807, 2.05) is 12.1 Å². The second-order valence-corrected chi connectivity index (χ2v) is 4.56. The van der Waals surface area contributed by atoms with Crippen LogP contribution in [0.1, 0.15) is 10.5 Å². The first kappa shape index (κ1) is 10.8. The Kier molecular flexibility index (Phi) is 2.49. The van der Waals surface area contributed by atoms with Crippen LogP contribution in [0.25, 0.3) is 20.9 Å². The van der Waals surface area contributed by atoms with Crippen molar-refractivity contribution >= 4 is 27.7 Å². The van der Waals surface area contributed by atoms with Gasteiger partial charge >= 0.3 is 5.97 Å². The molecule has 3 aromatic heterocycles. The highest BCUT2D eigenvalue weighted by molar-refractivity contribution is 7.21. The number of pyridine rings is 2. The molecule has 0 spiro atoms. The molecule has 6 heteroatoms. The molecule has 0 radical (unpaired) electrons. The maximum Gasteiger partial charge on any atom is 0.354 e. The molecule has 0 bridgehead atoms. The van der Waals surface area contributed by atoms with E-state index in [1.165, 1.54) is 17.4 Å². The Labute approximate surface area is 106 Å². The zero-order valence-corrected chi connectivity index (χ0v) is 9.89. The highest BCUT2D eigenvalue weighted by atomic mass is 32.1. The van der Waals surface area contributed by atoms with Gasteiger partial charge in [-0.25, -0.2) is 14.8 Å². The minimum atomic E-state index is -1.03. The Bertz CT molecular complexity index is 725. The molecule has 0 saturated carbocycles. The molecule has 0 saturated heterocycles. The number of rotatable bonds is 2. The Hall–Kier alpha value is -2.34. The number of carboxylic acid groups (broad SMARTS) is 1. The zero-order chi connectivity index (χ0) is 12.5. The molecule has 1 N–H and O–H groups in total. The van der Waals surface area contributed by atoms with Gasteiger partial charge in [0.1, 0.15) is 21.0 Å². The lowest BCUT2D eigenvalue weighted by Crippen LogP contribution is -1.98. The topological polar surface area (TPSA) is 76.0 Å². The molecular formula is C12H7N3O2S. The highest BCUT2D eigenvalue weighted by Crippen LogP contribution is 2.28. The van der Waals surface area contributed by atoms with Crippen molar-refractivity contribution in [2.75, 3.05) is 0 Å². The van der Waals surface area contributed by atoms with E-state index in [9.17, 15) is 4.79 Å². The number of carboxylic acids is 1. The predicted molar refractivity (Wildman–Crippen MR) is 67.6 cm³/mol. The first-order valence-corrected chi connectivity index (χ1v) is 5.97. The minimum Gasteiger partial charge on any atom is -0.477 e. The van der Waals surface area contributed by atoms with E-state index in [2.05, 4.69) is 15.0 Å². The Morgan fingerprint density at radius 1 is 1.22 bits per heavy atom. The van der Waals surface area contributed by atoms with Gasteiger partial charge in [-0.05, 0) is 24.3 Å². The van der Waals surface area contributed by atoms with Gasteiger partial charge in [0.15, 0.2) is 0 Å². The van der Waals surface area contributed by atoms with Gasteiger partial charge in [0.25, 0.3) is 0 Å². The summed E-state index contributed by atoms with van der Waals surface area (Å²) in [4.78, 5) is 23.9. The molecule has 0 aliphatic carbocycles. The summed E-state index contributed by atoms with van der Waals surface area (Å²) in [5, 5.41) is 9.67. The van der Waals surface area contributed by atoms with Crippen molar-refractivity contribution < 1.29 is 9.90 Å². The van der Waals surface area contributed by atoms with Gasteiger partial charge in [-0.1, -0.05) is 11.3 Å². The Balaban J connectivity index is 2.14. The van der Waals surface area contributed by atoms with E-state index in [0.717, 1.165) is 10.6 Å². The molecular weight excluding hydrogens is 250 g/mol. The predicted octanol–water partition coefficient (Wildman–Crippen LogP) is 2.45. The smallest absolute Gasteiger partial charge is 0.354 e. The number of carbonyl (C=O) groups is 1. The number of aromatic carboxylic acids is 1. The van der Waals surface area contributed by atoms with E-state index >= 15 is 0 Å². The molecule has 3 heterocycles. The first-order valence-electron chi connectivity index (χ1n) is 5.15. The molecule has 3 aromatic rings. The summed E-state index contributed by atoms with van der Waals surface area (Å²) in [6.45, 7) is 0. The fourth-order valence-corrected chi connectivity index (χ4v) is 2.48. The Morgan fingerprint density at radius 3 is 2.83 bits per heavy atom. The van der Waals surface area contributed by atoms with E-state index < -0.39 is 5.97 Å². The van der Waals surface area contributed by atoms with Crippen LogP contribution in [0.4, 0.5) is 0 Å². The van der Waals surface area contributed by atoms with Gasteiger partial charge in [-0.3, -0.25) is 4.98 Å². The molecule has 5 nitrogen and oxygen atoms in total. The van der Waals surface area contributed by atoms with Crippen molar-refractivity contribution in [3.8, 4) is 10.6 Å². The van der Waals surface area contributed by atoms with Crippen molar-refractivity contribution in [3.63, 3.8) is 0 Å². The van der Waals surface area contributed by atoms with Crippen molar-refractivity contribution in [2.24, 2.45) is 0 Å². The summed E-state index contributed by atoms with van der Waals surface area (Å²) >= 11 is 1.36. The van der Waals surface area contributed by atoms with Crippen LogP contribution in [0.2, 0.25) is 0 Å². The van der Waals surface area contributed by atoms with E-state index in [-0.39, 0.29) is 5.69 Å². The van der Waals surface area contributed by atoms with Gasteiger partial charge in [0, 0.05) is 18.0 Å². The van der Waals surface area contributed by atoms with Crippen molar-refractivity contribution in [2.45, 2.75) is 0 Å². The lowest BCUT2D eigenvalue weighted by molar-refractivity contribution is 0.0691. The fourth-order valence-electron chi connectivity index (χ4n) is 1.55. The van der Waals surface area contributed by atoms with E-state index in [1.54, 1.807) is 18.5 Å². The number of aromatic nitrogens is 3. The third kappa shape index (κ3) is 1.82. The minimum absolute atomic E-state index is 0.0314. The lowest BCUT2D eigenvalue weighted by Gasteiger charge is -1.91. The van der Waals surface area contributed by atoms with Crippen LogP contribution in [0.15, 0.2) is 36.7 Å². The summed E-state index contributed by atoms with van der Waals surface area (Å²) < 4.78 is 0. The fraction of sp³-hybridized carbons (Fsp3) is 0. The third-order valence-corrected chi connectivity index (χ3v) is 3.40. The SMILES string of the molecule is O=C(O)c1ccc2nc(-c3cccnc3)sc2n1. The molecule has 3 rings (SSSR count). The summed E-state index contributed by atoms with van der Waals surface area (Å²) in [5.41, 5.74) is 1.63. The average Bonchev–Trinajstić information content (AvgIpc) is 2.82. The van der Waals surface area contributed by atoms with Gasteiger partial charge < -0.3 is 5.11 Å². The number of nitrogens with zero attached hydrogens (tertiary/aromatic N) is 3. The van der Waals surface area contributed by atoms with Crippen LogP contribution < -0.4 is 0 Å². The van der Waals surface area contributed by atoms with Crippen molar-refractivity contribution in [3.05, 3.63) is 42.4 Å². The monoisotopic (exact) mass is 257 g/mol. The number of hydrogen-bond acceptors (Lipinski definition) is 5. The van der Waals surface area contributed by atoms with Crippen LogP contribution >= 0.6 is 11.3 Å². The van der Waals surface area contributed by atoms with Crippen LogP contribution in [0, 0.1) is 0 Å². The maximum atomic E-state index is 10.8.